The van der Waals surface area contributed by atoms with Gasteiger partial charge in [-0.2, -0.15) is 5.26 Å². The maximum atomic E-state index is 9.09. The number of pyridine rings is 1. The summed E-state index contributed by atoms with van der Waals surface area (Å²) in [7, 11) is 0. The summed E-state index contributed by atoms with van der Waals surface area (Å²) in [5.41, 5.74) is 0.575. The molecule has 0 radical (unpaired) electrons. The van der Waals surface area contributed by atoms with Crippen LogP contribution in [0.3, 0.4) is 0 Å². The first-order chi connectivity index (χ1) is 7.78. The molecular formula is C12H9N2O2+. The van der Waals surface area contributed by atoms with Gasteiger partial charge in [0.15, 0.2) is 0 Å². The number of rotatable bonds is 2. The predicted molar refractivity (Wildman–Crippen MR) is 55.5 cm³/mol. The summed E-state index contributed by atoms with van der Waals surface area (Å²) < 4.78 is 1.48. The van der Waals surface area contributed by atoms with Gasteiger partial charge in [0, 0.05) is 16.9 Å². The third-order valence-corrected chi connectivity index (χ3v) is 1.98. The van der Waals surface area contributed by atoms with Crippen LogP contribution >= 0.6 is 0 Å². The van der Waals surface area contributed by atoms with Crippen LogP contribution in [-0.4, -0.2) is 5.11 Å². The maximum absolute atomic E-state index is 9.09. The van der Waals surface area contributed by atoms with E-state index < -0.39 is 0 Å². The molecule has 1 heterocycles. The van der Waals surface area contributed by atoms with Crippen LogP contribution in [0.15, 0.2) is 48.8 Å². The van der Waals surface area contributed by atoms with Crippen molar-refractivity contribution in [1.82, 2.24) is 0 Å². The highest BCUT2D eigenvalue weighted by atomic mass is 16.7. The number of hydrogen-bond donors (Lipinski definition) is 1. The van der Waals surface area contributed by atoms with Gasteiger partial charge in [-0.1, -0.05) is 0 Å². The molecule has 1 aromatic heterocycles. The Morgan fingerprint density at radius 1 is 1.06 bits per heavy atom. The summed E-state index contributed by atoms with van der Waals surface area (Å²) in [4.78, 5) is 5.43. The first-order valence-corrected chi connectivity index (χ1v) is 4.67. The number of benzene rings is 1. The standard InChI is InChI=1S/C12H8N2O2/c13-9-10-5-7-14(8-6-10)16-12-3-1-11(15)2-4-12/h1-8H/p+1. The minimum atomic E-state index is 0.192. The Morgan fingerprint density at radius 3 is 2.25 bits per heavy atom. The summed E-state index contributed by atoms with van der Waals surface area (Å²) in [6.07, 6.45) is 3.29. The molecule has 2 rings (SSSR count). The molecule has 1 N–H and O–H groups in total. The second-order valence-corrected chi connectivity index (χ2v) is 3.14. The van der Waals surface area contributed by atoms with Crippen molar-refractivity contribution in [2.45, 2.75) is 0 Å². The van der Waals surface area contributed by atoms with Gasteiger partial charge in [0.2, 0.25) is 18.1 Å². The van der Waals surface area contributed by atoms with E-state index in [1.54, 1.807) is 48.8 Å². The molecular weight excluding hydrogens is 204 g/mol. The summed E-state index contributed by atoms with van der Waals surface area (Å²) in [6.45, 7) is 0. The normalized spacial score (nSPS) is 9.44. The summed E-state index contributed by atoms with van der Waals surface area (Å²) >= 11 is 0. The van der Waals surface area contributed by atoms with E-state index in [1.807, 2.05) is 6.07 Å². The van der Waals surface area contributed by atoms with E-state index in [4.69, 9.17) is 15.2 Å². The molecule has 0 bridgehead atoms. The third-order valence-electron chi connectivity index (χ3n) is 1.98. The van der Waals surface area contributed by atoms with E-state index in [0.29, 0.717) is 11.3 Å². The average Bonchev–Trinajstić information content (AvgIpc) is 2.33. The van der Waals surface area contributed by atoms with Crippen molar-refractivity contribution >= 4 is 0 Å². The lowest BCUT2D eigenvalue weighted by molar-refractivity contribution is -0.875. The molecule has 0 aliphatic heterocycles. The van der Waals surface area contributed by atoms with Gasteiger partial charge in [0.1, 0.15) is 5.75 Å². The van der Waals surface area contributed by atoms with E-state index in [1.165, 1.54) is 4.73 Å². The van der Waals surface area contributed by atoms with Gasteiger partial charge < -0.3 is 5.11 Å². The van der Waals surface area contributed by atoms with Crippen LogP contribution in [-0.2, 0) is 0 Å². The Labute approximate surface area is 92.5 Å². The summed E-state index contributed by atoms with van der Waals surface area (Å²) in [6, 6.07) is 11.7. The second-order valence-electron chi connectivity index (χ2n) is 3.14. The molecule has 1 aromatic carbocycles. The molecule has 0 aliphatic carbocycles. The largest absolute Gasteiger partial charge is 0.508 e. The Morgan fingerprint density at radius 2 is 1.69 bits per heavy atom. The van der Waals surface area contributed by atoms with Crippen LogP contribution in [0, 0.1) is 11.3 Å². The van der Waals surface area contributed by atoms with Crippen molar-refractivity contribution < 1.29 is 14.7 Å². The van der Waals surface area contributed by atoms with Crippen LogP contribution in [0.5, 0.6) is 11.5 Å². The van der Waals surface area contributed by atoms with Crippen LogP contribution in [0.2, 0.25) is 0 Å². The first-order valence-electron chi connectivity index (χ1n) is 4.67. The van der Waals surface area contributed by atoms with Gasteiger partial charge in [-0.15, -0.1) is 0 Å². The molecule has 78 valence electrons. The highest BCUT2D eigenvalue weighted by molar-refractivity contribution is 5.29. The Bertz CT molecular complexity index is 512. The number of phenolic OH excluding ortho intramolecular Hbond substituents is 1. The number of nitriles is 1. The summed E-state index contributed by atoms with van der Waals surface area (Å²) in [5.74, 6) is 0.796. The highest BCUT2D eigenvalue weighted by Crippen LogP contribution is 2.14. The Balaban J connectivity index is 2.15. The van der Waals surface area contributed by atoms with Gasteiger partial charge in [-0.05, 0) is 24.3 Å². The molecule has 0 amide bonds. The molecule has 0 unspecified atom stereocenters. The highest BCUT2D eigenvalue weighted by Gasteiger charge is 2.03. The minimum Gasteiger partial charge on any atom is -0.508 e. The monoisotopic (exact) mass is 213 g/mol. The number of hydrogen-bond acceptors (Lipinski definition) is 3. The predicted octanol–water partition coefficient (Wildman–Crippen LogP) is 1.39. The van der Waals surface area contributed by atoms with Crippen LogP contribution < -0.4 is 9.57 Å². The second kappa shape index (κ2) is 4.32. The van der Waals surface area contributed by atoms with Crippen molar-refractivity contribution in [1.29, 1.82) is 5.26 Å². The quantitative estimate of drug-likeness (QED) is 0.767. The topological polar surface area (TPSA) is 57.1 Å². The zero-order valence-corrected chi connectivity index (χ0v) is 8.37. The number of aromatic hydroxyl groups is 1. The smallest absolute Gasteiger partial charge is 0.224 e. The van der Waals surface area contributed by atoms with E-state index in [9.17, 15) is 0 Å². The zero-order chi connectivity index (χ0) is 11.4. The average molecular weight is 213 g/mol. The summed E-state index contributed by atoms with van der Waals surface area (Å²) in [5, 5.41) is 17.7. The van der Waals surface area contributed by atoms with E-state index in [-0.39, 0.29) is 5.75 Å². The number of phenols is 1. The van der Waals surface area contributed by atoms with Crippen molar-refractivity contribution in [3.8, 4) is 17.6 Å². The number of aromatic nitrogens is 1. The van der Waals surface area contributed by atoms with Crippen molar-refractivity contribution in [2.24, 2.45) is 0 Å². The fourth-order valence-corrected chi connectivity index (χ4v) is 1.18. The molecule has 0 saturated heterocycles. The molecule has 0 saturated carbocycles. The third kappa shape index (κ3) is 2.28. The Kier molecular flexibility index (Phi) is 2.70. The van der Waals surface area contributed by atoms with Crippen LogP contribution in [0.1, 0.15) is 5.56 Å². The molecule has 16 heavy (non-hydrogen) atoms. The lowest BCUT2D eigenvalue weighted by Crippen LogP contribution is -2.38. The van der Waals surface area contributed by atoms with Crippen LogP contribution in [0.4, 0.5) is 0 Å². The van der Waals surface area contributed by atoms with Crippen molar-refractivity contribution in [2.75, 3.05) is 0 Å². The van der Waals surface area contributed by atoms with Gasteiger partial charge in [-0.3, -0.25) is 0 Å². The van der Waals surface area contributed by atoms with E-state index >= 15 is 0 Å². The van der Waals surface area contributed by atoms with E-state index in [2.05, 4.69) is 0 Å². The van der Waals surface area contributed by atoms with Crippen LogP contribution in [0.25, 0.3) is 0 Å². The van der Waals surface area contributed by atoms with Gasteiger partial charge in [0.25, 0.3) is 0 Å². The number of nitrogens with zero attached hydrogens (tertiary/aromatic N) is 2. The van der Waals surface area contributed by atoms with Gasteiger partial charge in [0.05, 0.1) is 11.6 Å². The molecule has 0 spiro atoms. The Hall–Kier alpha value is -2.54. The fourth-order valence-electron chi connectivity index (χ4n) is 1.18. The zero-order valence-electron chi connectivity index (χ0n) is 8.37. The molecule has 2 aromatic rings. The fraction of sp³-hybridized carbons (Fsp3) is 0. The molecule has 0 atom stereocenters. The lowest BCUT2D eigenvalue weighted by Gasteiger charge is -1.97. The minimum absolute atomic E-state index is 0.192. The SMILES string of the molecule is N#Cc1cc[n+](Oc2ccc(O)cc2)cc1. The molecule has 4 nitrogen and oxygen atoms in total. The molecule has 0 aliphatic rings. The van der Waals surface area contributed by atoms with Gasteiger partial charge in [-0.25, -0.2) is 4.84 Å². The molecule has 0 fully saturated rings. The lowest BCUT2D eigenvalue weighted by atomic mass is 10.3. The maximum Gasteiger partial charge on any atom is 0.224 e. The van der Waals surface area contributed by atoms with Gasteiger partial charge >= 0.3 is 0 Å². The van der Waals surface area contributed by atoms with Crippen molar-refractivity contribution in [3.63, 3.8) is 0 Å². The van der Waals surface area contributed by atoms with E-state index in [0.717, 1.165) is 0 Å². The van der Waals surface area contributed by atoms with Crippen molar-refractivity contribution in [3.05, 3.63) is 54.4 Å². The first kappa shape index (κ1) is 9.99. The molecule has 4 heteroatoms.